The molecular formula is C19H29NO2. The Morgan fingerprint density at radius 1 is 1.14 bits per heavy atom. The number of nitrogens with zero attached hydrogens (tertiary/aromatic N) is 1. The fraction of sp³-hybridized carbons (Fsp3) is 0.632. The number of ether oxygens (including phenoxy) is 1. The van der Waals surface area contributed by atoms with Gasteiger partial charge in [-0.2, -0.15) is 0 Å². The lowest BCUT2D eigenvalue weighted by molar-refractivity contribution is -0.144. The third-order valence-corrected chi connectivity index (χ3v) is 4.66. The summed E-state index contributed by atoms with van der Waals surface area (Å²) in [4.78, 5) is 15.0. The van der Waals surface area contributed by atoms with Crippen LogP contribution in [0.4, 0.5) is 0 Å². The first kappa shape index (κ1) is 17.0. The Balaban J connectivity index is 1.94. The summed E-state index contributed by atoms with van der Waals surface area (Å²) >= 11 is 0. The molecule has 0 atom stereocenters. The van der Waals surface area contributed by atoms with Crippen LogP contribution in [-0.4, -0.2) is 30.5 Å². The molecule has 22 heavy (non-hydrogen) atoms. The molecule has 0 aromatic heterocycles. The van der Waals surface area contributed by atoms with Crippen molar-refractivity contribution in [1.82, 2.24) is 4.90 Å². The number of carbonyl (C=O) groups is 1. The molecule has 0 unspecified atom stereocenters. The van der Waals surface area contributed by atoms with E-state index in [2.05, 4.69) is 4.90 Å². The van der Waals surface area contributed by atoms with Crippen molar-refractivity contribution in [3.63, 3.8) is 0 Å². The van der Waals surface area contributed by atoms with Crippen LogP contribution >= 0.6 is 0 Å². The van der Waals surface area contributed by atoms with Gasteiger partial charge in [-0.05, 0) is 77.7 Å². The van der Waals surface area contributed by atoms with Gasteiger partial charge in [0.2, 0.25) is 0 Å². The van der Waals surface area contributed by atoms with Crippen LogP contribution < -0.4 is 4.74 Å². The molecule has 1 fully saturated rings. The van der Waals surface area contributed by atoms with Gasteiger partial charge in [0.1, 0.15) is 5.75 Å². The largest absolute Gasteiger partial charge is 0.426 e. The Bertz CT molecular complexity index is 496. The summed E-state index contributed by atoms with van der Waals surface area (Å²) in [6.45, 7) is 11.3. The van der Waals surface area contributed by atoms with Crippen LogP contribution in [0.1, 0.15) is 50.7 Å². The van der Waals surface area contributed by atoms with E-state index in [4.69, 9.17) is 4.74 Å². The molecule has 0 N–H and O–H groups in total. The highest BCUT2D eigenvalue weighted by atomic mass is 16.5. The lowest BCUT2D eigenvalue weighted by Crippen LogP contribution is -2.36. The Kier molecular flexibility index (Phi) is 5.63. The van der Waals surface area contributed by atoms with Crippen molar-refractivity contribution in [1.29, 1.82) is 0 Å². The van der Waals surface area contributed by atoms with E-state index < -0.39 is 5.41 Å². The zero-order valence-electron chi connectivity index (χ0n) is 14.4. The van der Waals surface area contributed by atoms with Crippen LogP contribution in [0.15, 0.2) is 18.2 Å². The van der Waals surface area contributed by atoms with E-state index in [0.717, 1.165) is 29.8 Å². The highest BCUT2D eigenvalue weighted by Gasteiger charge is 2.31. The number of aryl methyl sites for hydroxylation is 2. The molecule has 1 saturated heterocycles. The minimum atomic E-state index is -0.452. The smallest absolute Gasteiger partial charge is 0.316 e. The number of benzene rings is 1. The molecule has 0 spiro atoms. The third-order valence-electron chi connectivity index (χ3n) is 4.66. The molecule has 3 heteroatoms. The Morgan fingerprint density at radius 2 is 1.73 bits per heavy atom. The maximum atomic E-state index is 12.6. The number of hydrogen-bond donors (Lipinski definition) is 0. The number of para-hydroxylation sites is 1. The van der Waals surface area contributed by atoms with Crippen molar-refractivity contribution in [2.75, 3.05) is 19.6 Å². The number of hydrogen-bond acceptors (Lipinski definition) is 3. The normalized spacial score (nSPS) is 16.5. The molecule has 122 valence electrons. The van der Waals surface area contributed by atoms with Gasteiger partial charge in [-0.25, -0.2) is 0 Å². The topological polar surface area (TPSA) is 29.5 Å². The molecule has 3 nitrogen and oxygen atoms in total. The van der Waals surface area contributed by atoms with Gasteiger partial charge in [0.15, 0.2) is 0 Å². The molecule has 0 aliphatic carbocycles. The molecule has 1 aliphatic heterocycles. The molecule has 0 amide bonds. The fourth-order valence-corrected chi connectivity index (χ4v) is 2.91. The summed E-state index contributed by atoms with van der Waals surface area (Å²) in [5.74, 6) is 0.598. The second-order valence-corrected chi connectivity index (χ2v) is 7.15. The molecule has 0 saturated carbocycles. The number of carbonyl (C=O) groups excluding carboxylic acids is 1. The maximum absolute atomic E-state index is 12.6. The van der Waals surface area contributed by atoms with E-state index in [1.54, 1.807) is 0 Å². The molecule has 1 aliphatic rings. The van der Waals surface area contributed by atoms with Crippen molar-refractivity contribution in [2.45, 2.75) is 53.4 Å². The van der Waals surface area contributed by atoms with Crippen molar-refractivity contribution in [3.05, 3.63) is 29.3 Å². The van der Waals surface area contributed by atoms with Crippen molar-refractivity contribution in [2.24, 2.45) is 5.41 Å². The summed E-state index contributed by atoms with van der Waals surface area (Å²) in [7, 11) is 0. The Morgan fingerprint density at radius 3 is 2.32 bits per heavy atom. The van der Waals surface area contributed by atoms with E-state index in [-0.39, 0.29) is 5.97 Å². The lowest BCUT2D eigenvalue weighted by Gasteiger charge is -2.30. The minimum Gasteiger partial charge on any atom is -0.426 e. The van der Waals surface area contributed by atoms with Gasteiger partial charge in [-0.1, -0.05) is 24.6 Å². The SMILES string of the molecule is Cc1cccc(C)c1OC(=O)C(C)(C)CCN1CCCCC1. The third kappa shape index (κ3) is 4.33. The van der Waals surface area contributed by atoms with E-state index >= 15 is 0 Å². The number of likely N-dealkylation sites (tertiary alicyclic amines) is 1. The Labute approximate surface area is 134 Å². The summed E-state index contributed by atoms with van der Waals surface area (Å²) in [6, 6.07) is 5.95. The zero-order valence-corrected chi connectivity index (χ0v) is 14.4. The average Bonchev–Trinajstić information content (AvgIpc) is 2.50. The maximum Gasteiger partial charge on any atom is 0.316 e. The minimum absolute atomic E-state index is 0.123. The molecule has 2 rings (SSSR count). The second-order valence-electron chi connectivity index (χ2n) is 7.15. The highest BCUT2D eigenvalue weighted by Crippen LogP contribution is 2.28. The molecular weight excluding hydrogens is 274 g/mol. The Hall–Kier alpha value is -1.35. The lowest BCUT2D eigenvalue weighted by atomic mass is 9.89. The first-order valence-corrected chi connectivity index (χ1v) is 8.41. The predicted octanol–water partition coefficient (Wildman–Crippen LogP) is 4.11. The van der Waals surface area contributed by atoms with E-state index in [1.807, 2.05) is 45.9 Å². The molecule has 1 aromatic rings. The highest BCUT2D eigenvalue weighted by molar-refractivity contribution is 5.79. The zero-order chi connectivity index (χ0) is 16.2. The molecule has 0 bridgehead atoms. The quantitative estimate of drug-likeness (QED) is 0.605. The summed E-state index contributed by atoms with van der Waals surface area (Å²) < 4.78 is 5.72. The molecule has 0 radical (unpaired) electrons. The number of esters is 1. The van der Waals surface area contributed by atoms with Gasteiger partial charge in [0.05, 0.1) is 5.41 Å². The monoisotopic (exact) mass is 303 g/mol. The fourth-order valence-electron chi connectivity index (χ4n) is 2.91. The van der Waals surface area contributed by atoms with Gasteiger partial charge >= 0.3 is 5.97 Å². The van der Waals surface area contributed by atoms with Crippen LogP contribution in [0.2, 0.25) is 0 Å². The summed E-state index contributed by atoms with van der Waals surface area (Å²) in [5.41, 5.74) is 1.58. The molecule has 1 aromatic carbocycles. The van der Waals surface area contributed by atoms with Gasteiger partial charge in [-0.3, -0.25) is 4.79 Å². The van der Waals surface area contributed by atoms with Crippen LogP contribution in [0.25, 0.3) is 0 Å². The summed E-state index contributed by atoms with van der Waals surface area (Å²) in [6.07, 6.45) is 4.76. The van der Waals surface area contributed by atoms with Gasteiger partial charge in [0, 0.05) is 0 Å². The van der Waals surface area contributed by atoms with Crippen molar-refractivity contribution >= 4 is 5.97 Å². The first-order valence-electron chi connectivity index (χ1n) is 8.41. The average molecular weight is 303 g/mol. The van der Waals surface area contributed by atoms with E-state index in [9.17, 15) is 4.79 Å². The van der Waals surface area contributed by atoms with E-state index in [0.29, 0.717) is 0 Å². The number of rotatable bonds is 5. The van der Waals surface area contributed by atoms with Crippen LogP contribution in [0.3, 0.4) is 0 Å². The van der Waals surface area contributed by atoms with Crippen LogP contribution in [0, 0.1) is 19.3 Å². The second kappa shape index (κ2) is 7.28. The van der Waals surface area contributed by atoms with Gasteiger partial charge < -0.3 is 9.64 Å². The van der Waals surface area contributed by atoms with Gasteiger partial charge in [0.25, 0.3) is 0 Å². The van der Waals surface area contributed by atoms with Crippen molar-refractivity contribution < 1.29 is 9.53 Å². The predicted molar refractivity (Wildman–Crippen MR) is 90.2 cm³/mol. The standard InChI is InChI=1S/C19H29NO2/c1-15-9-8-10-16(2)17(15)22-18(21)19(3,4)11-14-20-12-6-5-7-13-20/h8-10H,5-7,11-14H2,1-4H3. The first-order chi connectivity index (χ1) is 10.4. The number of piperidine rings is 1. The van der Waals surface area contributed by atoms with Crippen molar-refractivity contribution in [3.8, 4) is 5.75 Å². The van der Waals surface area contributed by atoms with Gasteiger partial charge in [-0.15, -0.1) is 0 Å². The molecule has 1 heterocycles. The van der Waals surface area contributed by atoms with Crippen LogP contribution in [0.5, 0.6) is 5.75 Å². The van der Waals surface area contributed by atoms with E-state index in [1.165, 1.54) is 32.4 Å². The van der Waals surface area contributed by atoms with Crippen LogP contribution in [-0.2, 0) is 4.79 Å². The summed E-state index contributed by atoms with van der Waals surface area (Å²) in [5, 5.41) is 0.